The van der Waals surface area contributed by atoms with Crippen LogP contribution in [0.25, 0.3) is 5.57 Å². The number of hydrogen-bond donors (Lipinski definition) is 1. The maximum atomic E-state index is 6.09. The van der Waals surface area contributed by atoms with E-state index in [0.29, 0.717) is 11.7 Å². The maximum Gasteiger partial charge on any atom is 0.133 e. The van der Waals surface area contributed by atoms with Crippen LogP contribution in [0.4, 0.5) is 5.82 Å². The second-order valence-electron chi connectivity index (χ2n) is 6.25. The van der Waals surface area contributed by atoms with Gasteiger partial charge in [0.1, 0.15) is 11.6 Å². The Balaban J connectivity index is 1.66. The van der Waals surface area contributed by atoms with Gasteiger partial charge in [-0.2, -0.15) is 0 Å². The first-order valence-corrected chi connectivity index (χ1v) is 8.06. The summed E-state index contributed by atoms with van der Waals surface area (Å²) in [5, 5.41) is 0. The molecule has 3 heterocycles. The Hall–Kier alpha value is -2.27. The highest BCUT2D eigenvalue weighted by Crippen LogP contribution is 2.23. The van der Waals surface area contributed by atoms with Gasteiger partial charge in [-0.3, -0.25) is 9.88 Å². The quantitative estimate of drug-likeness (QED) is 0.940. The number of pyridine rings is 1. The zero-order chi connectivity index (χ0) is 16.2. The summed E-state index contributed by atoms with van der Waals surface area (Å²) in [4.78, 5) is 15.4. The van der Waals surface area contributed by atoms with E-state index in [2.05, 4.69) is 45.8 Å². The zero-order valence-corrected chi connectivity index (χ0v) is 13.7. The summed E-state index contributed by atoms with van der Waals surface area (Å²) in [7, 11) is 0. The van der Waals surface area contributed by atoms with Crippen molar-refractivity contribution in [2.24, 2.45) is 0 Å². The Bertz CT molecular complexity index is 694. The lowest BCUT2D eigenvalue weighted by atomic mass is 10.0. The van der Waals surface area contributed by atoms with Crippen molar-refractivity contribution >= 4 is 11.4 Å². The minimum Gasteiger partial charge on any atom is -0.383 e. The van der Waals surface area contributed by atoms with Crippen LogP contribution in [0.2, 0.25) is 0 Å². The lowest BCUT2D eigenvalue weighted by Gasteiger charge is -2.26. The Morgan fingerprint density at radius 2 is 2.17 bits per heavy atom. The third-order valence-electron chi connectivity index (χ3n) is 4.15. The van der Waals surface area contributed by atoms with E-state index in [1.165, 1.54) is 11.1 Å². The van der Waals surface area contributed by atoms with Crippen molar-refractivity contribution in [3.63, 3.8) is 0 Å². The summed E-state index contributed by atoms with van der Waals surface area (Å²) in [5.74, 6) is 1.71. The molecule has 3 rings (SSSR count). The summed E-state index contributed by atoms with van der Waals surface area (Å²) in [6.45, 7) is 6.86. The van der Waals surface area contributed by atoms with E-state index in [-0.39, 0.29) is 0 Å². The lowest BCUT2D eigenvalue weighted by Crippen LogP contribution is -2.28. The van der Waals surface area contributed by atoms with Gasteiger partial charge in [-0.1, -0.05) is 26.0 Å². The van der Waals surface area contributed by atoms with E-state index in [9.17, 15) is 0 Å². The Morgan fingerprint density at radius 3 is 2.78 bits per heavy atom. The highest BCUT2D eigenvalue weighted by molar-refractivity contribution is 5.65. The van der Waals surface area contributed by atoms with Crippen molar-refractivity contribution in [2.45, 2.75) is 32.7 Å². The Kier molecular flexibility index (Phi) is 4.67. The van der Waals surface area contributed by atoms with Crippen LogP contribution in [0, 0.1) is 0 Å². The topological polar surface area (TPSA) is 67.9 Å². The van der Waals surface area contributed by atoms with Gasteiger partial charge in [0.2, 0.25) is 0 Å². The average Bonchev–Trinajstić information content (AvgIpc) is 2.58. The van der Waals surface area contributed by atoms with Crippen LogP contribution < -0.4 is 5.73 Å². The van der Waals surface area contributed by atoms with Crippen molar-refractivity contribution in [3.8, 4) is 0 Å². The molecule has 0 aliphatic carbocycles. The Morgan fingerprint density at radius 1 is 1.30 bits per heavy atom. The molecular formula is C18H23N5. The lowest BCUT2D eigenvalue weighted by molar-refractivity contribution is 0.293. The molecule has 2 aromatic heterocycles. The van der Waals surface area contributed by atoms with Gasteiger partial charge in [0.15, 0.2) is 0 Å². The molecule has 2 N–H and O–H groups in total. The van der Waals surface area contributed by atoms with Crippen LogP contribution in [0.3, 0.4) is 0 Å². The minimum absolute atomic E-state index is 0.298. The van der Waals surface area contributed by atoms with Crippen molar-refractivity contribution in [2.75, 3.05) is 18.8 Å². The molecule has 0 fully saturated rings. The Labute approximate surface area is 137 Å². The number of nitrogens with zero attached hydrogens (tertiary/aromatic N) is 4. The first-order valence-electron chi connectivity index (χ1n) is 8.06. The summed E-state index contributed by atoms with van der Waals surface area (Å²) in [6, 6.07) is 4.10. The molecule has 2 aromatic rings. The summed E-state index contributed by atoms with van der Waals surface area (Å²) >= 11 is 0. The van der Waals surface area contributed by atoms with Crippen LogP contribution in [-0.4, -0.2) is 32.9 Å². The summed E-state index contributed by atoms with van der Waals surface area (Å²) < 4.78 is 0. The van der Waals surface area contributed by atoms with Gasteiger partial charge in [0.05, 0.1) is 0 Å². The molecule has 5 nitrogen and oxygen atoms in total. The van der Waals surface area contributed by atoms with Crippen LogP contribution in [-0.2, 0) is 6.54 Å². The number of rotatable bonds is 4. The molecule has 1 aliphatic heterocycles. The first-order chi connectivity index (χ1) is 11.1. The number of aromatic nitrogens is 3. The molecule has 0 saturated carbocycles. The number of nitrogens with two attached hydrogens (primary N) is 1. The van der Waals surface area contributed by atoms with Crippen molar-refractivity contribution in [1.29, 1.82) is 0 Å². The number of hydrogen-bond acceptors (Lipinski definition) is 5. The summed E-state index contributed by atoms with van der Waals surface area (Å²) in [6.07, 6.45) is 8.91. The van der Waals surface area contributed by atoms with E-state index in [1.54, 1.807) is 0 Å². The molecule has 120 valence electrons. The molecule has 0 spiro atoms. The van der Waals surface area contributed by atoms with Gasteiger partial charge in [0.25, 0.3) is 0 Å². The van der Waals surface area contributed by atoms with Crippen molar-refractivity contribution in [3.05, 3.63) is 53.8 Å². The fourth-order valence-electron chi connectivity index (χ4n) is 2.74. The molecule has 0 bridgehead atoms. The monoisotopic (exact) mass is 309 g/mol. The second kappa shape index (κ2) is 6.87. The minimum atomic E-state index is 0.298. The first kappa shape index (κ1) is 15.6. The van der Waals surface area contributed by atoms with Crippen molar-refractivity contribution in [1.82, 2.24) is 19.9 Å². The van der Waals surface area contributed by atoms with E-state index < -0.39 is 0 Å². The molecule has 1 aliphatic rings. The SMILES string of the molecule is CC(C)c1ncc(CN2CC=C(c3cccnc3)CC2)c(N)n1. The van der Waals surface area contributed by atoms with Gasteiger partial charge in [-0.25, -0.2) is 9.97 Å². The number of nitrogen functional groups attached to an aromatic ring is 1. The average molecular weight is 309 g/mol. The second-order valence-corrected chi connectivity index (χ2v) is 6.25. The largest absolute Gasteiger partial charge is 0.383 e. The van der Waals surface area contributed by atoms with Crippen molar-refractivity contribution < 1.29 is 0 Å². The molecule has 0 unspecified atom stereocenters. The molecule has 0 aromatic carbocycles. The van der Waals surface area contributed by atoms with E-state index in [1.807, 2.05) is 24.7 Å². The molecule has 0 saturated heterocycles. The van der Waals surface area contributed by atoms with Crippen LogP contribution in [0.15, 0.2) is 36.8 Å². The standard InChI is InChI=1S/C18H23N5/c1-13(2)18-21-11-16(17(19)22-18)12-23-8-5-14(6-9-23)15-4-3-7-20-10-15/h3-5,7,10-11,13H,6,8-9,12H2,1-2H3,(H2,19,21,22). The van der Waals surface area contributed by atoms with Gasteiger partial charge in [-0.15, -0.1) is 0 Å². The van der Waals surface area contributed by atoms with Crippen LogP contribution in [0.5, 0.6) is 0 Å². The fourth-order valence-corrected chi connectivity index (χ4v) is 2.74. The highest BCUT2D eigenvalue weighted by atomic mass is 15.1. The molecule has 0 atom stereocenters. The molecule has 23 heavy (non-hydrogen) atoms. The predicted octanol–water partition coefficient (Wildman–Crippen LogP) is 2.87. The maximum absolute atomic E-state index is 6.09. The van der Waals surface area contributed by atoms with Crippen LogP contribution >= 0.6 is 0 Å². The van der Waals surface area contributed by atoms with Gasteiger partial charge in [0, 0.05) is 49.7 Å². The molecular weight excluding hydrogens is 286 g/mol. The fraction of sp³-hybridized carbons (Fsp3) is 0.389. The van der Waals surface area contributed by atoms with Gasteiger partial charge in [-0.05, 0) is 23.6 Å². The number of anilines is 1. The van der Waals surface area contributed by atoms with Gasteiger partial charge >= 0.3 is 0 Å². The smallest absolute Gasteiger partial charge is 0.133 e. The van der Waals surface area contributed by atoms with E-state index in [4.69, 9.17) is 5.73 Å². The van der Waals surface area contributed by atoms with Gasteiger partial charge < -0.3 is 5.73 Å². The van der Waals surface area contributed by atoms with Crippen LogP contribution in [0.1, 0.15) is 43.1 Å². The van der Waals surface area contributed by atoms with E-state index >= 15 is 0 Å². The summed E-state index contributed by atoms with van der Waals surface area (Å²) in [5.41, 5.74) is 9.69. The molecule has 5 heteroatoms. The zero-order valence-electron chi connectivity index (χ0n) is 13.7. The third kappa shape index (κ3) is 3.74. The third-order valence-corrected chi connectivity index (χ3v) is 4.15. The highest BCUT2D eigenvalue weighted by Gasteiger charge is 2.15. The predicted molar refractivity (Wildman–Crippen MR) is 92.6 cm³/mol. The normalized spacial score (nSPS) is 15.7. The van der Waals surface area contributed by atoms with E-state index in [0.717, 1.165) is 37.4 Å². The molecule has 0 radical (unpaired) electrons. The molecule has 0 amide bonds.